The van der Waals surface area contributed by atoms with Crippen molar-refractivity contribution in [2.24, 2.45) is 0 Å². The molecule has 0 saturated carbocycles. The highest BCUT2D eigenvalue weighted by molar-refractivity contribution is 5.92. The molecule has 166 valence electrons. The molecule has 0 spiro atoms. The van der Waals surface area contributed by atoms with Gasteiger partial charge in [-0.1, -0.05) is 30.3 Å². The molecule has 0 bridgehead atoms. The van der Waals surface area contributed by atoms with Crippen LogP contribution in [0.25, 0.3) is 0 Å². The molecule has 3 rings (SSSR count). The summed E-state index contributed by atoms with van der Waals surface area (Å²) in [6.07, 6.45) is 0.806. The van der Waals surface area contributed by atoms with E-state index in [1.165, 1.54) is 5.56 Å². The highest BCUT2D eigenvalue weighted by atomic mass is 16.6. The molecule has 6 nitrogen and oxygen atoms in total. The minimum atomic E-state index is -0.493. The van der Waals surface area contributed by atoms with Crippen molar-refractivity contribution in [2.45, 2.75) is 13.3 Å². The molecule has 0 N–H and O–H groups in total. The van der Waals surface area contributed by atoms with Crippen molar-refractivity contribution in [3.05, 3.63) is 95.6 Å². The van der Waals surface area contributed by atoms with Crippen LogP contribution < -0.4 is 9.47 Å². The second-order valence-corrected chi connectivity index (χ2v) is 6.86. The zero-order valence-electron chi connectivity index (χ0n) is 18.0. The van der Waals surface area contributed by atoms with E-state index in [-0.39, 0.29) is 6.61 Å². The van der Waals surface area contributed by atoms with Gasteiger partial charge in [0.1, 0.15) is 18.1 Å². The van der Waals surface area contributed by atoms with Gasteiger partial charge in [0.25, 0.3) is 0 Å². The Balaban J connectivity index is 1.46. The highest BCUT2D eigenvalue weighted by Gasteiger charge is 2.11. The van der Waals surface area contributed by atoms with Gasteiger partial charge in [0, 0.05) is 13.0 Å². The van der Waals surface area contributed by atoms with Gasteiger partial charge >= 0.3 is 11.9 Å². The van der Waals surface area contributed by atoms with E-state index in [1.807, 2.05) is 25.1 Å². The second kappa shape index (κ2) is 12.3. The molecule has 0 atom stereocenters. The summed E-state index contributed by atoms with van der Waals surface area (Å²) in [4.78, 5) is 24.3. The van der Waals surface area contributed by atoms with Crippen molar-refractivity contribution >= 4 is 11.9 Å². The highest BCUT2D eigenvalue weighted by Crippen LogP contribution is 2.17. The van der Waals surface area contributed by atoms with Gasteiger partial charge in [0.15, 0.2) is 0 Å². The molecule has 32 heavy (non-hydrogen) atoms. The quantitative estimate of drug-likeness (QED) is 0.247. The normalized spacial score (nSPS) is 10.4. The lowest BCUT2D eigenvalue weighted by Gasteiger charge is -2.08. The van der Waals surface area contributed by atoms with Crippen LogP contribution in [0.5, 0.6) is 11.5 Å². The summed E-state index contributed by atoms with van der Waals surface area (Å²) in [5.74, 6) is 0.0760. The summed E-state index contributed by atoms with van der Waals surface area (Å²) in [6.45, 7) is 3.54. The van der Waals surface area contributed by atoms with Crippen LogP contribution in [-0.4, -0.2) is 38.4 Å². The minimum Gasteiger partial charge on any atom is -0.493 e. The molecule has 0 aliphatic carbocycles. The lowest BCUT2D eigenvalue weighted by molar-refractivity contribution is 0.0335. The largest absolute Gasteiger partial charge is 0.493 e. The van der Waals surface area contributed by atoms with Crippen molar-refractivity contribution < 1.29 is 28.5 Å². The molecule has 3 aromatic carbocycles. The molecule has 0 aliphatic heterocycles. The Kier molecular flexibility index (Phi) is 8.83. The number of hydrogen-bond acceptors (Lipinski definition) is 6. The Labute approximate surface area is 187 Å². The monoisotopic (exact) mass is 434 g/mol. The molecule has 0 radical (unpaired) electrons. The predicted molar refractivity (Wildman–Crippen MR) is 120 cm³/mol. The van der Waals surface area contributed by atoms with Gasteiger partial charge < -0.3 is 18.9 Å². The van der Waals surface area contributed by atoms with Crippen LogP contribution in [0.15, 0.2) is 78.9 Å². The first-order valence-corrected chi connectivity index (χ1v) is 10.5. The first-order chi connectivity index (χ1) is 15.7. The molecule has 3 aromatic rings. The van der Waals surface area contributed by atoms with Crippen LogP contribution in [0.2, 0.25) is 0 Å². The SMILES string of the molecule is CCOCCOC(=O)c1ccc(OC(=O)c2ccc(OCCc3ccccc3)cc2)cc1. The summed E-state index contributed by atoms with van der Waals surface area (Å²) >= 11 is 0. The van der Waals surface area contributed by atoms with E-state index in [1.54, 1.807) is 48.5 Å². The molecule has 0 heterocycles. The molecule has 0 fully saturated rings. The molecule has 0 aliphatic rings. The van der Waals surface area contributed by atoms with Crippen LogP contribution in [0.4, 0.5) is 0 Å². The van der Waals surface area contributed by atoms with E-state index in [4.69, 9.17) is 18.9 Å². The first kappa shape index (κ1) is 23.0. The van der Waals surface area contributed by atoms with Gasteiger partial charge in [0.05, 0.1) is 24.3 Å². The maximum atomic E-state index is 12.4. The third-order valence-electron chi connectivity index (χ3n) is 4.56. The van der Waals surface area contributed by atoms with Crippen LogP contribution in [-0.2, 0) is 15.9 Å². The van der Waals surface area contributed by atoms with E-state index in [0.717, 1.165) is 6.42 Å². The molecular formula is C26H26O6. The van der Waals surface area contributed by atoms with Crippen LogP contribution in [0.1, 0.15) is 33.2 Å². The number of benzene rings is 3. The van der Waals surface area contributed by atoms with E-state index in [2.05, 4.69) is 12.1 Å². The number of carbonyl (C=O) groups excluding carboxylic acids is 2. The third-order valence-corrected chi connectivity index (χ3v) is 4.56. The Morgan fingerprint density at radius 1 is 0.688 bits per heavy atom. The fraction of sp³-hybridized carbons (Fsp3) is 0.231. The molecule has 6 heteroatoms. The van der Waals surface area contributed by atoms with Crippen molar-refractivity contribution in [3.8, 4) is 11.5 Å². The summed E-state index contributed by atoms with van der Waals surface area (Å²) < 4.78 is 21.3. The second-order valence-electron chi connectivity index (χ2n) is 6.86. The summed E-state index contributed by atoms with van der Waals surface area (Å²) in [6, 6.07) is 23.1. The van der Waals surface area contributed by atoms with Gasteiger partial charge in [-0.2, -0.15) is 0 Å². The molecule has 0 amide bonds. The summed E-state index contributed by atoms with van der Waals surface area (Å²) in [7, 11) is 0. The fourth-order valence-corrected chi connectivity index (χ4v) is 2.86. The molecular weight excluding hydrogens is 408 g/mol. The lowest BCUT2D eigenvalue weighted by atomic mass is 10.2. The number of esters is 2. The number of rotatable bonds is 11. The Morgan fingerprint density at radius 2 is 1.31 bits per heavy atom. The Morgan fingerprint density at radius 3 is 1.97 bits per heavy atom. The maximum Gasteiger partial charge on any atom is 0.343 e. The fourth-order valence-electron chi connectivity index (χ4n) is 2.86. The van der Waals surface area contributed by atoms with Crippen molar-refractivity contribution in [1.82, 2.24) is 0 Å². The zero-order valence-corrected chi connectivity index (χ0v) is 18.0. The smallest absolute Gasteiger partial charge is 0.343 e. The van der Waals surface area contributed by atoms with Gasteiger partial charge in [-0.25, -0.2) is 9.59 Å². The van der Waals surface area contributed by atoms with Crippen LogP contribution >= 0.6 is 0 Å². The molecule has 0 aromatic heterocycles. The summed E-state index contributed by atoms with van der Waals surface area (Å²) in [5, 5.41) is 0. The van der Waals surface area contributed by atoms with E-state index >= 15 is 0 Å². The average molecular weight is 434 g/mol. The third kappa shape index (κ3) is 7.25. The number of hydrogen-bond donors (Lipinski definition) is 0. The van der Waals surface area contributed by atoms with Gasteiger partial charge in [-0.05, 0) is 61.0 Å². The summed E-state index contributed by atoms with van der Waals surface area (Å²) in [5.41, 5.74) is 1.98. The van der Waals surface area contributed by atoms with Crippen molar-refractivity contribution in [3.63, 3.8) is 0 Å². The average Bonchev–Trinajstić information content (AvgIpc) is 2.83. The van der Waals surface area contributed by atoms with Gasteiger partial charge in [0.2, 0.25) is 0 Å². The number of ether oxygens (including phenoxy) is 4. The van der Waals surface area contributed by atoms with Crippen molar-refractivity contribution in [2.75, 3.05) is 26.4 Å². The van der Waals surface area contributed by atoms with E-state index < -0.39 is 11.9 Å². The maximum absolute atomic E-state index is 12.4. The van der Waals surface area contributed by atoms with Crippen LogP contribution in [0, 0.1) is 0 Å². The predicted octanol–water partition coefficient (Wildman–Crippen LogP) is 4.72. The minimum absolute atomic E-state index is 0.190. The van der Waals surface area contributed by atoms with Crippen LogP contribution in [0.3, 0.4) is 0 Å². The standard InChI is InChI=1S/C26H26O6/c1-2-29-18-19-31-25(27)21-10-14-24(15-11-21)32-26(28)22-8-12-23(13-9-22)30-17-16-20-6-4-3-5-7-20/h3-15H,2,16-19H2,1H3. The topological polar surface area (TPSA) is 71.1 Å². The Hall–Kier alpha value is -3.64. The van der Waals surface area contributed by atoms with Gasteiger partial charge in [-0.3, -0.25) is 0 Å². The molecule has 0 unspecified atom stereocenters. The van der Waals surface area contributed by atoms with E-state index in [0.29, 0.717) is 42.4 Å². The molecule has 0 saturated heterocycles. The lowest BCUT2D eigenvalue weighted by Crippen LogP contribution is -2.11. The van der Waals surface area contributed by atoms with E-state index in [9.17, 15) is 9.59 Å². The van der Waals surface area contributed by atoms with Crippen molar-refractivity contribution in [1.29, 1.82) is 0 Å². The zero-order chi connectivity index (χ0) is 22.6. The first-order valence-electron chi connectivity index (χ1n) is 10.5. The number of carbonyl (C=O) groups is 2. The van der Waals surface area contributed by atoms with Gasteiger partial charge in [-0.15, -0.1) is 0 Å². The Bertz CT molecular complexity index is 981.